The molecule has 3 rings (SSSR count). The molecule has 1 saturated heterocycles. The highest BCUT2D eigenvalue weighted by atomic mass is 16.1. The molecule has 2 aromatic rings. The number of aldehydes is 1. The highest BCUT2D eigenvalue weighted by Crippen LogP contribution is 2.25. The Labute approximate surface area is 99.7 Å². The molecule has 0 radical (unpaired) electrons. The quantitative estimate of drug-likeness (QED) is 0.800. The van der Waals surface area contributed by atoms with Crippen LogP contribution in [0.2, 0.25) is 0 Å². The summed E-state index contributed by atoms with van der Waals surface area (Å²) in [4.78, 5) is 15.6. The molecule has 4 nitrogen and oxygen atoms in total. The van der Waals surface area contributed by atoms with Crippen molar-refractivity contribution in [2.24, 2.45) is 0 Å². The van der Waals surface area contributed by atoms with Gasteiger partial charge in [0, 0.05) is 6.20 Å². The van der Waals surface area contributed by atoms with Gasteiger partial charge in [-0.25, -0.2) is 4.98 Å². The third-order valence-corrected chi connectivity index (χ3v) is 3.40. The standard InChI is InChI=1S/C13H15N3O/c1-9-4-3-7-16-12(9)11(8-17)15-13(16)10-5-2-6-14-10/h3-4,7-8,10,14H,2,5-6H2,1H3. The topological polar surface area (TPSA) is 46.4 Å². The van der Waals surface area contributed by atoms with E-state index in [1.807, 2.05) is 29.7 Å². The van der Waals surface area contributed by atoms with Gasteiger partial charge in [0.05, 0.1) is 11.6 Å². The Kier molecular flexibility index (Phi) is 2.44. The number of aromatic nitrogens is 2. The number of imidazole rings is 1. The van der Waals surface area contributed by atoms with E-state index in [1.165, 1.54) is 6.42 Å². The molecule has 3 heterocycles. The van der Waals surface area contributed by atoms with Gasteiger partial charge in [-0.15, -0.1) is 0 Å². The molecule has 2 aromatic heterocycles. The second kappa shape index (κ2) is 3.96. The first-order chi connectivity index (χ1) is 8.31. The molecule has 0 amide bonds. The van der Waals surface area contributed by atoms with E-state index >= 15 is 0 Å². The SMILES string of the molecule is Cc1cccn2c(C3CCCN3)nc(C=O)c12. The maximum atomic E-state index is 11.1. The number of hydrogen-bond donors (Lipinski definition) is 1. The van der Waals surface area contributed by atoms with Crippen molar-refractivity contribution in [3.63, 3.8) is 0 Å². The number of nitrogens with one attached hydrogen (secondary N) is 1. The first kappa shape index (κ1) is 10.5. The molecule has 1 atom stereocenters. The van der Waals surface area contributed by atoms with E-state index in [9.17, 15) is 4.79 Å². The maximum Gasteiger partial charge on any atom is 0.170 e. The van der Waals surface area contributed by atoms with Crippen LogP contribution in [0.4, 0.5) is 0 Å². The van der Waals surface area contributed by atoms with Gasteiger partial charge in [0.15, 0.2) is 6.29 Å². The molecule has 0 saturated carbocycles. The predicted octanol–water partition coefficient (Wildman–Crippen LogP) is 1.88. The molecule has 0 aromatic carbocycles. The number of pyridine rings is 1. The van der Waals surface area contributed by atoms with Crippen molar-refractivity contribution >= 4 is 11.8 Å². The van der Waals surface area contributed by atoms with E-state index in [1.54, 1.807) is 0 Å². The molecule has 0 aliphatic carbocycles. The fourth-order valence-electron chi connectivity index (χ4n) is 2.60. The summed E-state index contributed by atoms with van der Waals surface area (Å²) in [5.41, 5.74) is 2.57. The van der Waals surface area contributed by atoms with Crippen LogP contribution in [0, 0.1) is 6.92 Å². The van der Waals surface area contributed by atoms with Crippen LogP contribution in [0.3, 0.4) is 0 Å². The number of fused-ring (bicyclic) bond motifs is 1. The number of carbonyl (C=O) groups excluding carboxylic acids is 1. The van der Waals surface area contributed by atoms with Crippen molar-refractivity contribution in [3.05, 3.63) is 35.4 Å². The Morgan fingerprint density at radius 1 is 1.59 bits per heavy atom. The average molecular weight is 229 g/mol. The van der Waals surface area contributed by atoms with Crippen molar-refractivity contribution in [2.75, 3.05) is 6.54 Å². The zero-order valence-electron chi connectivity index (χ0n) is 9.81. The van der Waals surface area contributed by atoms with Gasteiger partial charge in [-0.3, -0.25) is 4.79 Å². The Balaban J connectivity index is 2.25. The fourth-order valence-corrected chi connectivity index (χ4v) is 2.60. The molecule has 17 heavy (non-hydrogen) atoms. The Bertz CT molecular complexity index is 567. The zero-order valence-corrected chi connectivity index (χ0v) is 9.81. The normalized spacial score (nSPS) is 19.9. The fraction of sp³-hybridized carbons (Fsp3) is 0.385. The van der Waals surface area contributed by atoms with E-state index in [0.717, 1.165) is 36.2 Å². The third-order valence-electron chi connectivity index (χ3n) is 3.40. The summed E-state index contributed by atoms with van der Waals surface area (Å²) in [6.07, 6.45) is 5.09. The summed E-state index contributed by atoms with van der Waals surface area (Å²) < 4.78 is 2.04. The molecular weight excluding hydrogens is 214 g/mol. The minimum atomic E-state index is 0.276. The monoisotopic (exact) mass is 229 g/mol. The van der Waals surface area contributed by atoms with Gasteiger partial charge in [-0.2, -0.15) is 0 Å². The molecule has 1 unspecified atom stereocenters. The van der Waals surface area contributed by atoms with Crippen LogP contribution in [-0.4, -0.2) is 22.2 Å². The van der Waals surface area contributed by atoms with Crippen LogP contribution in [0.15, 0.2) is 18.3 Å². The number of rotatable bonds is 2. The minimum absolute atomic E-state index is 0.276. The highest BCUT2D eigenvalue weighted by molar-refractivity contribution is 5.85. The molecule has 1 aliphatic heterocycles. The summed E-state index contributed by atoms with van der Waals surface area (Å²) >= 11 is 0. The van der Waals surface area contributed by atoms with Gasteiger partial charge in [0.25, 0.3) is 0 Å². The van der Waals surface area contributed by atoms with Crippen LogP contribution in [-0.2, 0) is 0 Å². The molecule has 1 N–H and O–H groups in total. The lowest BCUT2D eigenvalue weighted by atomic mass is 10.2. The van der Waals surface area contributed by atoms with Crippen LogP contribution in [0.1, 0.15) is 40.8 Å². The minimum Gasteiger partial charge on any atom is -0.307 e. The molecule has 0 bridgehead atoms. The van der Waals surface area contributed by atoms with Crippen molar-refractivity contribution in [1.29, 1.82) is 0 Å². The first-order valence-electron chi connectivity index (χ1n) is 5.97. The highest BCUT2D eigenvalue weighted by Gasteiger charge is 2.23. The number of carbonyl (C=O) groups is 1. The second-order valence-electron chi connectivity index (χ2n) is 4.53. The van der Waals surface area contributed by atoms with Crippen molar-refractivity contribution < 1.29 is 4.79 Å². The predicted molar refractivity (Wildman–Crippen MR) is 65.3 cm³/mol. The van der Waals surface area contributed by atoms with Gasteiger partial charge in [0.2, 0.25) is 0 Å². The second-order valence-corrected chi connectivity index (χ2v) is 4.53. The van der Waals surface area contributed by atoms with Crippen LogP contribution < -0.4 is 5.32 Å². The van der Waals surface area contributed by atoms with Crippen LogP contribution in [0.25, 0.3) is 5.52 Å². The Hall–Kier alpha value is -1.68. The van der Waals surface area contributed by atoms with Gasteiger partial charge in [0.1, 0.15) is 11.5 Å². The maximum absolute atomic E-state index is 11.1. The van der Waals surface area contributed by atoms with E-state index in [2.05, 4.69) is 10.3 Å². The van der Waals surface area contributed by atoms with E-state index < -0.39 is 0 Å². The Morgan fingerprint density at radius 2 is 2.47 bits per heavy atom. The van der Waals surface area contributed by atoms with Crippen molar-refractivity contribution in [1.82, 2.24) is 14.7 Å². The molecular formula is C13H15N3O. The molecule has 1 fully saturated rings. The average Bonchev–Trinajstić information content (AvgIpc) is 2.95. The van der Waals surface area contributed by atoms with Gasteiger partial charge < -0.3 is 9.72 Å². The number of hydrogen-bond acceptors (Lipinski definition) is 3. The van der Waals surface area contributed by atoms with E-state index in [0.29, 0.717) is 5.69 Å². The lowest BCUT2D eigenvalue weighted by Crippen LogP contribution is -2.15. The van der Waals surface area contributed by atoms with E-state index in [4.69, 9.17) is 0 Å². The van der Waals surface area contributed by atoms with Crippen LogP contribution in [0.5, 0.6) is 0 Å². The van der Waals surface area contributed by atoms with Gasteiger partial charge >= 0.3 is 0 Å². The zero-order chi connectivity index (χ0) is 11.8. The number of nitrogens with zero attached hydrogens (tertiary/aromatic N) is 2. The summed E-state index contributed by atoms with van der Waals surface area (Å²) in [6, 6.07) is 4.28. The lowest BCUT2D eigenvalue weighted by Gasteiger charge is -2.09. The lowest BCUT2D eigenvalue weighted by molar-refractivity contribution is 0.112. The summed E-state index contributed by atoms with van der Waals surface area (Å²) in [7, 11) is 0. The smallest absolute Gasteiger partial charge is 0.170 e. The van der Waals surface area contributed by atoms with Crippen LogP contribution >= 0.6 is 0 Å². The van der Waals surface area contributed by atoms with Gasteiger partial charge in [-0.05, 0) is 37.9 Å². The summed E-state index contributed by atoms with van der Waals surface area (Å²) in [6.45, 7) is 3.04. The molecule has 4 heteroatoms. The first-order valence-corrected chi connectivity index (χ1v) is 5.97. The summed E-state index contributed by atoms with van der Waals surface area (Å²) in [5.74, 6) is 0.961. The Morgan fingerprint density at radius 3 is 3.18 bits per heavy atom. The van der Waals surface area contributed by atoms with Crippen molar-refractivity contribution in [3.8, 4) is 0 Å². The van der Waals surface area contributed by atoms with Gasteiger partial charge in [-0.1, -0.05) is 6.07 Å². The van der Waals surface area contributed by atoms with Crippen molar-refractivity contribution in [2.45, 2.75) is 25.8 Å². The number of aryl methyl sites for hydroxylation is 1. The molecule has 0 spiro atoms. The molecule has 1 aliphatic rings. The third kappa shape index (κ3) is 1.56. The largest absolute Gasteiger partial charge is 0.307 e. The molecule has 88 valence electrons. The summed E-state index contributed by atoms with van der Waals surface area (Å²) in [5, 5.41) is 3.42. The van der Waals surface area contributed by atoms with E-state index in [-0.39, 0.29) is 6.04 Å².